The van der Waals surface area contributed by atoms with Crippen molar-refractivity contribution in [3.8, 4) is 16.9 Å². The molecule has 1 N–H and O–H groups in total. The molecule has 4 aromatic rings. The number of benzene rings is 3. The van der Waals surface area contributed by atoms with Gasteiger partial charge in [-0.2, -0.15) is 8.78 Å². The number of nitrogens with zero attached hydrogens (tertiary/aromatic N) is 3. The van der Waals surface area contributed by atoms with Crippen molar-refractivity contribution in [1.29, 1.82) is 0 Å². The van der Waals surface area contributed by atoms with E-state index in [2.05, 4.69) is 10.3 Å². The molecule has 0 fully saturated rings. The van der Waals surface area contributed by atoms with Crippen LogP contribution in [0.3, 0.4) is 0 Å². The lowest BCUT2D eigenvalue weighted by Crippen LogP contribution is -2.24. The molecule has 9 heteroatoms. The number of hydrogen-bond donors (Lipinski definition) is 1. The smallest absolute Gasteiger partial charge is 0.358 e. The lowest BCUT2D eigenvalue weighted by molar-refractivity contribution is 0.0302. The van der Waals surface area contributed by atoms with Crippen molar-refractivity contribution >= 4 is 17.6 Å². The van der Waals surface area contributed by atoms with Crippen molar-refractivity contribution in [2.75, 3.05) is 7.11 Å². The van der Waals surface area contributed by atoms with Crippen molar-refractivity contribution < 1.29 is 23.4 Å². The monoisotopic (exact) mass is 469 g/mol. The zero-order valence-corrected chi connectivity index (χ0v) is 18.1. The summed E-state index contributed by atoms with van der Waals surface area (Å²) in [6, 6.07) is 19.3. The molecule has 0 saturated heterocycles. The molecule has 0 atom stereocenters. The maximum Gasteiger partial charge on any atom is 0.358 e. The zero-order chi connectivity index (χ0) is 23.6. The van der Waals surface area contributed by atoms with E-state index in [-0.39, 0.29) is 12.1 Å². The summed E-state index contributed by atoms with van der Waals surface area (Å²) in [6.07, 6.45) is 0. The van der Waals surface area contributed by atoms with Gasteiger partial charge in [0.05, 0.1) is 13.7 Å². The Hall–Kier alpha value is -3.78. The number of methoxy groups -OCH3 is 1. The summed E-state index contributed by atoms with van der Waals surface area (Å²) in [5.41, 5.74) is 0.204. The van der Waals surface area contributed by atoms with Gasteiger partial charge in [0.2, 0.25) is 0 Å². The summed E-state index contributed by atoms with van der Waals surface area (Å²) in [7, 11) is 1.52. The normalized spacial score (nSPS) is 11.4. The van der Waals surface area contributed by atoms with Crippen molar-refractivity contribution in [1.82, 2.24) is 15.0 Å². The number of carbonyl (C=O) groups is 1. The maximum absolute atomic E-state index is 15.6. The lowest BCUT2D eigenvalue weighted by Gasteiger charge is -2.19. The van der Waals surface area contributed by atoms with E-state index in [1.807, 2.05) is 0 Å². The number of halogens is 3. The molecule has 3 aromatic carbocycles. The molecule has 0 aliphatic carbocycles. The number of hydrogen-bond acceptors (Lipinski definition) is 4. The number of aromatic nitrogens is 3. The molecule has 168 valence electrons. The number of aromatic carboxylic acids is 1. The Morgan fingerprint density at radius 1 is 1.00 bits per heavy atom. The summed E-state index contributed by atoms with van der Waals surface area (Å²) < 4.78 is 37.2. The Kier molecular flexibility index (Phi) is 6.11. The Bertz CT molecular complexity index is 1270. The quantitative estimate of drug-likeness (QED) is 0.387. The van der Waals surface area contributed by atoms with Crippen LogP contribution >= 0.6 is 11.6 Å². The van der Waals surface area contributed by atoms with E-state index in [4.69, 9.17) is 16.3 Å². The standard InChI is InChI=1S/C24H18ClF2N3O3/c1-33-20-12-2-15(3-13-20)14-30-22(21(23(31)32)28-29-30)24(26,27)18-8-4-16(5-9-18)17-6-10-19(25)11-7-17/h2-13H,14H2,1H3,(H,31,32). The van der Waals surface area contributed by atoms with Gasteiger partial charge in [-0.15, -0.1) is 5.10 Å². The third kappa shape index (κ3) is 4.56. The van der Waals surface area contributed by atoms with Gasteiger partial charge in [0.15, 0.2) is 5.69 Å². The van der Waals surface area contributed by atoms with E-state index in [9.17, 15) is 9.90 Å². The fourth-order valence-corrected chi connectivity index (χ4v) is 3.56. The van der Waals surface area contributed by atoms with E-state index in [1.54, 1.807) is 60.7 Å². The second-order valence-electron chi connectivity index (χ2n) is 7.26. The largest absolute Gasteiger partial charge is 0.497 e. The van der Waals surface area contributed by atoms with Crippen molar-refractivity contribution in [2.24, 2.45) is 0 Å². The van der Waals surface area contributed by atoms with Gasteiger partial charge < -0.3 is 9.84 Å². The molecule has 0 spiro atoms. The van der Waals surface area contributed by atoms with E-state index in [0.717, 1.165) is 15.8 Å². The molecule has 0 aliphatic heterocycles. The molecule has 0 radical (unpaired) electrons. The highest BCUT2D eigenvalue weighted by Gasteiger charge is 2.43. The molecule has 0 unspecified atom stereocenters. The molecule has 1 aromatic heterocycles. The van der Waals surface area contributed by atoms with E-state index >= 15 is 8.78 Å². The van der Waals surface area contributed by atoms with Crippen LogP contribution in [-0.4, -0.2) is 33.2 Å². The molecule has 0 amide bonds. The first kappa shape index (κ1) is 22.4. The first-order valence-corrected chi connectivity index (χ1v) is 10.2. The Morgan fingerprint density at radius 3 is 2.12 bits per heavy atom. The van der Waals surface area contributed by atoms with Gasteiger partial charge in [-0.05, 0) is 41.0 Å². The average Bonchev–Trinajstić information content (AvgIpc) is 3.25. The average molecular weight is 470 g/mol. The third-order valence-corrected chi connectivity index (χ3v) is 5.40. The Balaban J connectivity index is 1.70. The topological polar surface area (TPSA) is 77.2 Å². The second-order valence-corrected chi connectivity index (χ2v) is 7.69. The summed E-state index contributed by atoms with van der Waals surface area (Å²) in [5.74, 6) is -4.62. The van der Waals surface area contributed by atoms with Gasteiger partial charge in [-0.25, -0.2) is 9.48 Å². The summed E-state index contributed by atoms with van der Waals surface area (Å²) >= 11 is 5.90. The summed E-state index contributed by atoms with van der Waals surface area (Å²) in [6.45, 7) is -0.0853. The molecule has 33 heavy (non-hydrogen) atoms. The predicted molar refractivity (Wildman–Crippen MR) is 119 cm³/mol. The van der Waals surface area contributed by atoms with Crippen LogP contribution in [0.2, 0.25) is 5.02 Å². The number of carboxylic acids is 1. The van der Waals surface area contributed by atoms with Crippen LogP contribution < -0.4 is 4.74 Å². The fourth-order valence-electron chi connectivity index (χ4n) is 3.43. The fraction of sp³-hybridized carbons (Fsp3) is 0.125. The van der Waals surface area contributed by atoms with Crippen LogP contribution in [0.25, 0.3) is 11.1 Å². The zero-order valence-electron chi connectivity index (χ0n) is 17.4. The molecule has 1 heterocycles. The van der Waals surface area contributed by atoms with Gasteiger partial charge in [-0.1, -0.05) is 65.3 Å². The first-order chi connectivity index (χ1) is 15.8. The minimum absolute atomic E-state index is 0.0853. The van der Waals surface area contributed by atoms with Gasteiger partial charge in [0.25, 0.3) is 0 Å². The minimum Gasteiger partial charge on any atom is -0.497 e. The molecule has 4 rings (SSSR count). The van der Waals surface area contributed by atoms with Crippen LogP contribution in [0.4, 0.5) is 8.78 Å². The summed E-state index contributed by atoms with van der Waals surface area (Å²) in [4.78, 5) is 11.6. The van der Waals surface area contributed by atoms with E-state index in [0.29, 0.717) is 16.3 Å². The number of rotatable bonds is 7. The Labute approximate surface area is 193 Å². The number of carboxylic acid groups (broad SMARTS) is 1. The van der Waals surface area contributed by atoms with Crippen LogP contribution in [-0.2, 0) is 12.5 Å². The van der Waals surface area contributed by atoms with Crippen molar-refractivity contribution in [2.45, 2.75) is 12.5 Å². The van der Waals surface area contributed by atoms with E-state index < -0.39 is 23.3 Å². The number of alkyl halides is 2. The maximum atomic E-state index is 15.6. The van der Waals surface area contributed by atoms with Crippen LogP contribution in [0.15, 0.2) is 72.8 Å². The number of ether oxygens (including phenoxy) is 1. The van der Waals surface area contributed by atoms with Gasteiger partial charge in [-0.3, -0.25) is 0 Å². The summed E-state index contributed by atoms with van der Waals surface area (Å²) in [5, 5.41) is 17.2. The van der Waals surface area contributed by atoms with Crippen LogP contribution in [0.1, 0.15) is 27.3 Å². The van der Waals surface area contributed by atoms with Crippen LogP contribution in [0.5, 0.6) is 5.75 Å². The second kappa shape index (κ2) is 8.99. The van der Waals surface area contributed by atoms with Crippen molar-refractivity contribution in [3.63, 3.8) is 0 Å². The highest BCUT2D eigenvalue weighted by Crippen LogP contribution is 2.38. The van der Waals surface area contributed by atoms with Crippen molar-refractivity contribution in [3.05, 3.63) is 100 Å². The predicted octanol–water partition coefficient (Wildman–Crippen LogP) is 5.49. The van der Waals surface area contributed by atoms with Gasteiger partial charge in [0, 0.05) is 10.6 Å². The molecular formula is C24H18ClF2N3O3. The van der Waals surface area contributed by atoms with Gasteiger partial charge >= 0.3 is 11.9 Å². The third-order valence-electron chi connectivity index (χ3n) is 5.15. The lowest BCUT2D eigenvalue weighted by atomic mass is 9.99. The Morgan fingerprint density at radius 2 is 1.58 bits per heavy atom. The van der Waals surface area contributed by atoms with Crippen LogP contribution in [0, 0.1) is 0 Å². The molecule has 0 bridgehead atoms. The van der Waals surface area contributed by atoms with E-state index in [1.165, 1.54) is 19.2 Å². The van der Waals surface area contributed by atoms with Gasteiger partial charge in [0.1, 0.15) is 11.4 Å². The molecule has 6 nitrogen and oxygen atoms in total. The molecule has 0 saturated carbocycles. The minimum atomic E-state index is -3.65. The SMILES string of the molecule is COc1ccc(Cn2nnc(C(=O)O)c2C(F)(F)c2ccc(-c3ccc(Cl)cc3)cc2)cc1. The molecular weight excluding hydrogens is 452 g/mol. The first-order valence-electron chi connectivity index (χ1n) is 9.84. The highest BCUT2D eigenvalue weighted by molar-refractivity contribution is 6.30. The highest BCUT2D eigenvalue weighted by atomic mass is 35.5. The molecule has 0 aliphatic rings.